The zero-order valence-corrected chi connectivity index (χ0v) is 16.1. The minimum absolute atomic E-state index is 0.114. The van der Waals surface area contributed by atoms with E-state index >= 15 is 0 Å². The Morgan fingerprint density at radius 1 is 1.11 bits per heavy atom. The third-order valence-corrected chi connectivity index (χ3v) is 4.57. The number of anilines is 1. The lowest BCUT2D eigenvalue weighted by Crippen LogP contribution is -2.19. The van der Waals surface area contributed by atoms with Crippen molar-refractivity contribution in [2.24, 2.45) is 0 Å². The first-order chi connectivity index (χ1) is 13.5. The van der Waals surface area contributed by atoms with Crippen molar-refractivity contribution in [3.8, 4) is 11.6 Å². The molecule has 0 fully saturated rings. The van der Waals surface area contributed by atoms with Crippen LogP contribution in [0, 0.1) is 6.92 Å². The fourth-order valence-corrected chi connectivity index (χ4v) is 3.20. The highest BCUT2D eigenvalue weighted by Gasteiger charge is 2.19. The minimum Gasteiger partial charge on any atom is -0.419 e. The fraction of sp³-hybridized carbons (Fsp3) is 0.227. The second kappa shape index (κ2) is 7.31. The number of para-hydroxylation sites is 1. The Balaban J connectivity index is 1.69. The zero-order valence-electron chi connectivity index (χ0n) is 16.1. The second-order valence-corrected chi connectivity index (χ2v) is 7.19. The molecule has 0 unspecified atom stereocenters. The van der Waals surface area contributed by atoms with Crippen molar-refractivity contribution in [1.29, 1.82) is 0 Å². The molecule has 2 aromatic heterocycles. The molecule has 142 valence electrons. The zero-order chi connectivity index (χ0) is 19.7. The van der Waals surface area contributed by atoms with Gasteiger partial charge in [-0.1, -0.05) is 44.2 Å². The molecule has 2 aromatic carbocycles. The van der Waals surface area contributed by atoms with E-state index in [4.69, 9.17) is 4.42 Å². The number of aryl methyl sites for hydroxylation is 1. The van der Waals surface area contributed by atoms with Gasteiger partial charge >= 0.3 is 0 Å². The van der Waals surface area contributed by atoms with Crippen molar-refractivity contribution in [2.45, 2.75) is 33.2 Å². The van der Waals surface area contributed by atoms with Gasteiger partial charge in [-0.25, -0.2) is 0 Å². The van der Waals surface area contributed by atoms with E-state index in [1.807, 2.05) is 79.9 Å². The number of hydrogen-bond donors (Lipinski definition) is 1. The first-order valence-electron chi connectivity index (χ1n) is 9.30. The number of aromatic nitrogens is 3. The number of fused-ring (bicyclic) bond motifs is 1. The average molecular weight is 374 g/mol. The predicted octanol–water partition coefficient (Wildman–Crippen LogP) is 4.76. The molecular formula is C22H22N4O2. The van der Waals surface area contributed by atoms with Gasteiger partial charge in [0.1, 0.15) is 12.2 Å². The summed E-state index contributed by atoms with van der Waals surface area (Å²) in [7, 11) is 0. The summed E-state index contributed by atoms with van der Waals surface area (Å²) in [5.41, 5.74) is 3.56. The van der Waals surface area contributed by atoms with Gasteiger partial charge < -0.3 is 14.3 Å². The molecule has 0 saturated heterocycles. The molecule has 0 aliphatic heterocycles. The monoisotopic (exact) mass is 374 g/mol. The lowest BCUT2D eigenvalue weighted by Gasteiger charge is -2.10. The maximum Gasteiger partial charge on any atom is 0.264 e. The minimum atomic E-state index is -0.114. The van der Waals surface area contributed by atoms with Crippen molar-refractivity contribution in [3.05, 3.63) is 66.1 Å². The van der Waals surface area contributed by atoms with Gasteiger partial charge in [0.05, 0.1) is 0 Å². The first-order valence-corrected chi connectivity index (χ1v) is 9.30. The van der Waals surface area contributed by atoms with Crippen molar-refractivity contribution < 1.29 is 9.21 Å². The molecule has 0 bridgehead atoms. The molecule has 0 saturated carbocycles. The highest BCUT2D eigenvalue weighted by molar-refractivity contribution is 5.93. The van der Waals surface area contributed by atoms with E-state index in [0.717, 1.165) is 27.8 Å². The molecule has 4 aromatic rings. The third-order valence-electron chi connectivity index (χ3n) is 4.57. The highest BCUT2D eigenvalue weighted by atomic mass is 16.4. The quantitative estimate of drug-likeness (QED) is 0.546. The molecule has 6 heteroatoms. The van der Waals surface area contributed by atoms with Gasteiger partial charge in [-0.05, 0) is 36.8 Å². The second-order valence-electron chi connectivity index (χ2n) is 7.19. The molecule has 1 amide bonds. The first kappa shape index (κ1) is 18.0. The van der Waals surface area contributed by atoms with E-state index in [9.17, 15) is 4.79 Å². The lowest BCUT2D eigenvalue weighted by atomic mass is 10.2. The maximum atomic E-state index is 12.7. The van der Waals surface area contributed by atoms with Crippen molar-refractivity contribution >= 4 is 22.5 Å². The Morgan fingerprint density at radius 3 is 2.68 bits per heavy atom. The van der Waals surface area contributed by atoms with Crippen LogP contribution in [-0.4, -0.2) is 20.7 Å². The smallest absolute Gasteiger partial charge is 0.264 e. The Labute approximate surface area is 163 Å². The molecule has 0 atom stereocenters. The standard InChI is InChI=1S/C22H22N4O2/c1-14(2)21-24-25-22(28-21)19-12-16-8-4-5-10-18(16)26(19)13-20(27)23-17-9-6-7-15(3)11-17/h4-12,14H,13H2,1-3H3,(H,23,27). The van der Waals surface area contributed by atoms with Crippen LogP contribution in [0.4, 0.5) is 5.69 Å². The predicted molar refractivity (Wildman–Crippen MR) is 109 cm³/mol. The van der Waals surface area contributed by atoms with Crippen molar-refractivity contribution in [1.82, 2.24) is 14.8 Å². The van der Waals surface area contributed by atoms with E-state index in [0.29, 0.717) is 11.8 Å². The Bertz CT molecular complexity index is 1140. The molecule has 28 heavy (non-hydrogen) atoms. The van der Waals surface area contributed by atoms with Crippen LogP contribution in [0.15, 0.2) is 59.0 Å². The normalized spacial score (nSPS) is 11.3. The van der Waals surface area contributed by atoms with Crippen molar-refractivity contribution in [3.63, 3.8) is 0 Å². The number of benzene rings is 2. The van der Waals surface area contributed by atoms with E-state index < -0.39 is 0 Å². The number of nitrogens with one attached hydrogen (secondary N) is 1. The third kappa shape index (κ3) is 3.53. The molecule has 1 N–H and O–H groups in total. The summed E-state index contributed by atoms with van der Waals surface area (Å²) < 4.78 is 7.76. The molecule has 2 heterocycles. The van der Waals surface area contributed by atoms with Crippen LogP contribution in [0.25, 0.3) is 22.5 Å². The summed E-state index contributed by atoms with van der Waals surface area (Å²) in [6.07, 6.45) is 0. The van der Waals surface area contributed by atoms with Crippen LogP contribution in [-0.2, 0) is 11.3 Å². The molecular weight excluding hydrogens is 352 g/mol. The van der Waals surface area contributed by atoms with Crippen LogP contribution >= 0.6 is 0 Å². The highest BCUT2D eigenvalue weighted by Crippen LogP contribution is 2.28. The van der Waals surface area contributed by atoms with Crippen LogP contribution in [0.2, 0.25) is 0 Å². The molecule has 0 radical (unpaired) electrons. The van der Waals surface area contributed by atoms with Crippen LogP contribution in [0.5, 0.6) is 0 Å². The number of rotatable bonds is 5. The van der Waals surface area contributed by atoms with Gasteiger partial charge in [0.25, 0.3) is 5.89 Å². The fourth-order valence-electron chi connectivity index (χ4n) is 3.20. The summed E-state index contributed by atoms with van der Waals surface area (Å²) >= 11 is 0. The summed E-state index contributed by atoms with van der Waals surface area (Å²) in [5.74, 6) is 1.03. The topological polar surface area (TPSA) is 73.0 Å². The van der Waals surface area contributed by atoms with Crippen LogP contribution < -0.4 is 5.32 Å². The maximum absolute atomic E-state index is 12.7. The largest absolute Gasteiger partial charge is 0.419 e. The summed E-state index contributed by atoms with van der Waals surface area (Å²) in [5, 5.41) is 12.3. The summed E-state index contributed by atoms with van der Waals surface area (Å²) in [4.78, 5) is 12.7. The number of carbonyl (C=O) groups is 1. The van der Waals surface area contributed by atoms with Gasteiger partial charge in [-0.2, -0.15) is 0 Å². The number of nitrogens with zero attached hydrogens (tertiary/aromatic N) is 3. The van der Waals surface area contributed by atoms with Gasteiger partial charge in [-0.15, -0.1) is 10.2 Å². The lowest BCUT2D eigenvalue weighted by molar-refractivity contribution is -0.116. The Morgan fingerprint density at radius 2 is 1.93 bits per heavy atom. The van der Waals surface area contributed by atoms with Crippen molar-refractivity contribution in [2.75, 3.05) is 5.32 Å². The van der Waals surface area contributed by atoms with Gasteiger partial charge in [0.15, 0.2) is 0 Å². The molecule has 6 nitrogen and oxygen atoms in total. The molecule has 0 aliphatic carbocycles. The van der Waals surface area contributed by atoms with Crippen LogP contribution in [0.1, 0.15) is 31.2 Å². The average Bonchev–Trinajstić information content (AvgIpc) is 3.27. The molecule has 4 rings (SSSR count). The Hall–Kier alpha value is -3.41. The van der Waals surface area contributed by atoms with Gasteiger partial charge in [-0.3, -0.25) is 4.79 Å². The summed E-state index contributed by atoms with van der Waals surface area (Å²) in [6.45, 7) is 6.15. The van der Waals surface area contributed by atoms with E-state index in [1.54, 1.807) is 0 Å². The SMILES string of the molecule is Cc1cccc(NC(=O)Cn2c(-c3nnc(C(C)C)o3)cc3ccccc32)c1. The van der Waals surface area contributed by atoms with E-state index in [1.165, 1.54) is 0 Å². The van der Waals surface area contributed by atoms with Crippen LogP contribution in [0.3, 0.4) is 0 Å². The van der Waals surface area contributed by atoms with E-state index in [2.05, 4.69) is 15.5 Å². The summed E-state index contributed by atoms with van der Waals surface area (Å²) in [6, 6.07) is 17.6. The number of carbonyl (C=O) groups excluding carboxylic acids is 1. The Kier molecular flexibility index (Phi) is 4.69. The molecule has 0 spiro atoms. The number of amides is 1. The van der Waals surface area contributed by atoms with Gasteiger partial charge in [0.2, 0.25) is 11.8 Å². The van der Waals surface area contributed by atoms with Gasteiger partial charge in [0, 0.05) is 22.5 Å². The molecule has 0 aliphatic rings. The number of hydrogen-bond acceptors (Lipinski definition) is 4. The van der Waals surface area contributed by atoms with E-state index in [-0.39, 0.29) is 18.4 Å².